The van der Waals surface area contributed by atoms with Crippen LogP contribution in [0.15, 0.2) is 133 Å². The van der Waals surface area contributed by atoms with Gasteiger partial charge in [0.05, 0.1) is 56.5 Å². The van der Waals surface area contributed by atoms with E-state index in [9.17, 15) is 33.9 Å². The number of esters is 1. The molecule has 88 heavy (non-hydrogen) atoms. The number of hydrogen-bond acceptors (Lipinski definition) is 14. The summed E-state index contributed by atoms with van der Waals surface area (Å²) in [5.41, 5.74) is 2.19. The van der Waals surface area contributed by atoms with Gasteiger partial charge < -0.3 is 65.3 Å². The first-order chi connectivity index (χ1) is 41.6. The number of carboxylic acids is 1. The Morgan fingerprint density at radius 2 is 1.05 bits per heavy atom. The van der Waals surface area contributed by atoms with Crippen LogP contribution < -0.4 is 59.1 Å². The van der Waals surface area contributed by atoms with Gasteiger partial charge in [0.15, 0.2) is 0 Å². The summed E-state index contributed by atoms with van der Waals surface area (Å²) in [5, 5.41) is 22.8. The maximum atomic E-state index is 13.7. The number of methoxy groups -OCH3 is 2. The number of rotatable bonds is 15. The number of urea groups is 2. The molecular formula is C66H77LiN8O13. The second-order valence-electron chi connectivity index (χ2n) is 22.0. The van der Waals surface area contributed by atoms with Crippen LogP contribution >= 0.6 is 0 Å². The molecule has 2 aromatic heterocycles. The summed E-state index contributed by atoms with van der Waals surface area (Å²) in [6.07, 6.45) is 14.0. The Hall–Kier alpha value is -8.64. The Balaban J connectivity index is 0.000000246. The standard InChI is InChI=1S/C34H40N4O6.C32H36N4O6.Li.H2O/c1-4-43-32(40)34-22-24(34)14-10-5-6-11-18-38(2)33(41)36-27(31(39)37-34)17-19-44-30-21-28(23-12-8-7-9-13-23)35-29-20-25(42-3)15-16-26(29)30;1-36-16-9-4-3-8-12-22-20-32(22,30(38)39)35-29(37)25(34-31(36)40)15-17-42-28-19-26(21-10-6-5-7-11-21)33-27-18-23(41-2)13-14-24(27)28;;/h7-10,12-16,20-21,24,27H,4-6,11,17-19,22H2,1-3H3,(H,36,41)(H,37,39);5-8,10-14,18-19,22,25H,3-4,9,15-17,20H2,1-2H3,(H,34,40)(H,35,37)(H,38,39);;1H2/q;;+1;/p-1/b14-10-;12-8-;;/t24-,27+,34-;22-,25+,32-;;/m11../s1. The number of carboxylic acid groups (broad SMARTS) is 1. The number of allylic oxidation sites excluding steroid dienone is 2. The molecule has 10 rings (SSSR count). The molecule has 4 aromatic carbocycles. The van der Waals surface area contributed by atoms with Gasteiger partial charge in [-0.3, -0.25) is 9.59 Å². The third-order valence-corrected chi connectivity index (χ3v) is 16.1. The van der Waals surface area contributed by atoms with Gasteiger partial charge in [0.2, 0.25) is 11.8 Å². The smallest absolute Gasteiger partial charge is 0.870 e. The molecule has 2 aliphatic carbocycles. The molecule has 0 bridgehead atoms. The number of amides is 6. The number of fused-ring (bicyclic) bond motifs is 4. The maximum Gasteiger partial charge on any atom is 1.00 e. The number of ether oxygens (including phenoxy) is 5. The number of aromatic nitrogens is 2. The number of benzene rings is 4. The molecule has 4 heterocycles. The van der Waals surface area contributed by atoms with Crippen molar-refractivity contribution in [1.82, 2.24) is 41.0 Å². The predicted molar refractivity (Wildman–Crippen MR) is 328 cm³/mol. The zero-order valence-electron chi connectivity index (χ0n) is 50.8. The first-order valence-corrected chi connectivity index (χ1v) is 29.4. The van der Waals surface area contributed by atoms with E-state index in [4.69, 9.17) is 33.7 Å². The minimum absolute atomic E-state index is 0. The van der Waals surface area contributed by atoms with Crippen molar-refractivity contribution in [2.45, 2.75) is 94.3 Å². The third kappa shape index (κ3) is 16.3. The fourth-order valence-electron chi connectivity index (χ4n) is 10.7. The van der Waals surface area contributed by atoms with Crippen LogP contribution in [0.2, 0.25) is 0 Å². The van der Waals surface area contributed by atoms with Crippen LogP contribution in [-0.4, -0.2) is 151 Å². The van der Waals surface area contributed by atoms with Gasteiger partial charge in [0.1, 0.15) is 46.2 Å². The van der Waals surface area contributed by atoms with E-state index >= 15 is 0 Å². The molecule has 0 saturated heterocycles. The molecule has 4 aliphatic rings. The van der Waals surface area contributed by atoms with Gasteiger partial charge in [0.25, 0.3) is 0 Å². The van der Waals surface area contributed by atoms with Crippen LogP contribution in [0.25, 0.3) is 44.3 Å². The van der Waals surface area contributed by atoms with Crippen molar-refractivity contribution >= 4 is 57.6 Å². The van der Waals surface area contributed by atoms with E-state index in [-0.39, 0.29) is 74.9 Å². The van der Waals surface area contributed by atoms with Crippen molar-refractivity contribution in [1.29, 1.82) is 0 Å². The molecule has 21 nitrogen and oxygen atoms in total. The second-order valence-corrected chi connectivity index (χ2v) is 22.0. The Kier molecular flexibility index (Phi) is 23.4. The largest absolute Gasteiger partial charge is 1.00 e. The van der Waals surface area contributed by atoms with Crippen LogP contribution in [0, 0.1) is 11.8 Å². The molecule has 6 N–H and O–H groups in total. The van der Waals surface area contributed by atoms with Crippen molar-refractivity contribution in [2.75, 3.05) is 61.2 Å². The summed E-state index contributed by atoms with van der Waals surface area (Å²) in [5.74, 6) is -0.478. The number of carbonyl (C=O) groups excluding carboxylic acids is 5. The van der Waals surface area contributed by atoms with Gasteiger partial charge in [0, 0.05) is 98.0 Å². The van der Waals surface area contributed by atoms with E-state index in [0.717, 1.165) is 66.1 Å². The summed E-state index contributed by atoms with van der Waals surface area (Å²) in [4.78, 5) is 91.1. The molecule has 6 amide bonds. The number of carbonyl (C=O) groups is 6. The first-order valence-electron chi connectivity index (χ1n) is 29.4. The van der Waals surface area contributed by atoms with Crippen LogP contribution in [0.1, 0.15) is 71.1 Å². The Labute approximate surface area is 524 Å². The third-order valence-electron chi connectivity index (χ3n) is 16.1. The fraction of sp³-hybridized carbons (Fsp3) is 0.394. The summed E-state index contributed by atoms with van der Waals surface area (Å²) < 4.78 is 28.7. The van der Waals surface area contributed by atoms with Crippen molar-refractivity contribution in [2.24, 2.45) is 11.8 Å². The van der Waals surface area contributed by atoms with E-state index < -0.39 is 52.9 Å². The van der Waals surface area contributed by atoms with E-state index in [1.807, 2.05) is 133 Å². The molecule has 2 saturated carbocycles. The molecular weight excluding hydrogens is 1120 g/mol. The average molecular weight is 1200 g/mol. The molecule has 2 fully saturated rings. The summed E-state index contributed by atoms with van der Waals surface area (Å²) in [6, 6.07) is 31.7. The molecule has 0 unspecified atom stereocenters. The van der Waals surface area contributed by atoms with Crippen molar-refractivity contribution in [3.8, 4) is 45.5 Å². The van der Waals surface area contributed by atoms with Gasteiger partial charge in [-0.05, 0) is 82.6 Å². The topological polar surface area (TPSA) is 279 Å². The number of pyridine rings is 2. The first kappa shape index (κ1) is 66.9. The van der Waals surface area contributed by atoms with Crippen LogP contribution in [0.5, 0.6) is 23.0 Å². The number of nitrogens with zero attached hydrogens (tertiary/aromatic N) is 4. The molecule has 460 valence electrons. The average Bonchev–Trinajstić information content (AvgIpc) is 1.70. The predicted octanol–water partition coefficient (Wildman–Crippen LogP) is 6.08. The molecule has 0 spiro atoms. The second kappa shape index (κ2) is 30.8. The number of hydrogen-bond donors (Lipinski definition) is 5. The fourth-order valence-corrected chi connectivity index (χ4v) is 10.7. The SMILES string of the molecule is CCOC(=O)[C@@]12C[C@H]1/C=C\CCCCN(C)C(=O)N[C@@H](CCOc1cc(-c3ccccc3)nc3cc(OC)ccc13)C(=O)N2.COc1ccc2c(OCC[C@@H]3NC(=O)N(C)CCCC/C=C\[C@@H]4C[C@@]4(C(=O)O)NC3=O)cc(-c3ccccc3)nc2c1.[Li+].[OH-]. The van der Waals surface area contributed by atoms with Crippen LogP contribution in [0.4, 0.5) is 9.59 Å². The summed E-state index contributed by atoms with van der Waals surface area (Å²) in [7, 11) is 6.59. The maximum absolute atomic E-state index is 13.7. The van der Waals surface area contributed by atoms with Crippen LogP contribution in [0.3, 0.4) is 0 Å². The zero-order chi connectivity index (χ0) is 60.8. The van der Waals surface area contributed by atoms with E-state index in [2.05, 4.69) is 21.3 Å². The van der Waals surface area contributed by atoms with E-state index in [1.54, 1.807) is 45.0 Å². The normalized spacial score (nSPS) is 22.8. The minimum atomic E-state index is -1.36. The minimum Gasteiger partial charge on any atom is -0.870 e. The molecule has 6 atom stereocenters. The summed E-state index contributed by atoms with van der Waals surface area (Å²) >= 11 is 0. The van der Waals surface area contributed by atoms with Crippen molar-refractivity contribution in [3.05, 3.63) is 133 Å². The number of nitrogens with one attached hydrogen (secondary N) is 4. The van der Waals surface area contributed by atoms with Gasteiger partial charge >= 0.3 is 42.9 Å². The van der Waals surface area contributed by atoms with E-state index in [0.29, 0.717) is 65.7 Å². The van der Waals surface area contributed by atoms with Gasteiger partial charge in [-0.25, -0.2) is 29.1 Å². The molecule has 22 heteroatoms. The van der Waals surface area contributed by atoms with Gasteiger partial charge in [-0.15, -0.1) is 0 Å². The van der Waals surface area contributed by atoms with Crippen molar-refractivity contribution in [3.63, 3.8) is 0 Å². The Morgan fingerprint density at radius 3 is 1.48 bits per heavy atom. The Bertz CT molecular complexity index is 3480. The Morgan fingerprint density at radius 1 is 0.614 bits per heavy atom. The van der Waals surface area contributed by atoms with Gasteiger partial charge in [-0.1, -0.05) is 85.0 Å². The monoisotopic (exact) mass is 1200 g/mol. The molecule has 0 radical (unpaired) electrons. The molecule has 2 aliphatic heterocycles. The quantitative estimate of drug-likeness (QED) is 0.0442. The van der Waals surface area contributed by atoms with Crippen LogP contribution in [-0.2, 0) is 23.9 Å². The molecule has 6 aromatic rings. The van der Waals surface area contributed by atoms with Gasteiger partial charge in [-0.2, -0.15) is 0 Å². The zero-order valence-corrected chi connectivity index (χ0v) is 50.8. The number of aliphatic carboxylic acids is 1. The summed E-state index contributed by atoms with van der Waals surface area (Å²) in [6.45, 7) is 3.27. The van der Waals surface area contributed by atoms with E-state index in [1.165, 1.54) is 0 Å². The van der Waals surface area contributed by atoms with Crippen molar-refractivity contribution < 1.29 is 81.9 Å².